The van der Waals surface area contributed by atoms with Crippen molar-refractivity contribution >= 4 is 17.7 Å². The average molecular weight is 374 g/mol. The summed E-state index contributed by atoms with van der Waals surface area (Å²) in [5, 5.41) is 9.62. The van der Waals surface area contributed by atoms with Gasteiger partial charge in [0, 0.05) is 7.05 Å². The van der Waals surface area contributed by atoms with Crippen molar-refractivity contribution in [2.24, 2.45) is 7.05 Å². The van der Waals surface area contributed by atoms with Crippen molar-refractivity contribution in [1.29, 1.82) is 0 Å². The number of nitrogens with zero attached hydrogens (tertiary/aromatic N) is 3. The van der Waals surface area contributed by atoms with Crippen LogP contribution in [0.5, 0.6) is 5.75 Å². The van der Waals surface area contributed by atoms with Crippen molar-refractivity contribution in [3.63, 3.8) is 0 Å². The highest BCUT2D eigenvalue weighted by Crippen LogP contribution is 2.31. The molecule has 0 radical (unpaired) electrons. The van der Waals surface area contributed by atoms with E-state index in [1.165, 1.54) is 14.0 Å². The van der Waals surface area contributed by atoms with Crippen molar-refractivity contribution in [1.82, 2.24) is 20.1 Å². The second-order valence-electron chi connectivity index (χ2n) is 5.16. The Bertz CT molecular complexity index is 749. The molecule has 1 N–H and O–H groups in total. The topological polar surface area (TPSA) is 69.0 Å². The van der Waals surface area contributed by atoms with E-state index in [0.717, 1.165) is 17.3 Å². The molecule has 0 aliphatic heterocycles. The van der Waals surface area contributed by atoms with Crippen LogP contribution in [-0.4, -0.2) is 45.8 Å². The maximum atomic E-state index is 12.2. The van der Waals surface area contributed by atoms with Crippen molar-refractivity contribution < 1.29 is 22.7 Å². The second kappa shape index (κ2) is 7.77. The Morgan fingerprint density at radius 2 is 2.04 bits per heavy atom. The van der Waals surface area contributed by atoms with Gasteiger partial charge in [-0.25, -0.2) is 0 Å². The molecular weight excluding hydrogens is 357 g/mol. The molecule has 136 valence electrons. The van der Waals surface area contributed by atoms with Crippen LogP contribution in [0.1, 0.15) is 6.92 Å². The standard InChI is InChI=1S/C15H17F3N4O2S/c1-9(13(23)19-8-15(16,17)18)25-14-21-20-12(22(14)2)10-6-4-5-7-11(10)24-3/h4-7,9H,8H2,1-3H3,(H,19,23). The lowest BCUT2D eigenvalue weighted by molar-refractivity contribution is -0.137. The number of amides is 1. The van der Waals surface area contributed by atoms with Gasteiger partial charge < -0.3 is 14.6 Å². The Hall–Kier alpha value is -2.23. The first-order chi connectivity index (χ1) is 11.7. The predicted octanol–water partition coefficient (Wildman–Crippen LogP) is 2.65. The molecule has 0 saturated heterocycles. The summed E-state index contributed by atoms with van der Waals surface area (Å²) in [7, 11) is 3.25. The molecule has 25 heavy (non-hydrogen) atoms. The summed E-state index contributed by atoms with van der Waals surface area (Å²) in [5.41, 5.74) is 0.723. The molecule has 1 aromatic carbocycles. The van der Waals surface area contributed by atoms with Crippen molar-refractivity contribution in [3.8, 4) is 17.1 Å². The number of alkyl halides is 3. The molecule has 10 heteroatoms. The van der Waals surface area contributed by atoms with Crippen LogP contribution in [0, 0.1) is 0 Å². The largest absolute Gasteiger partial charge is 0.496 e. The second-order valence-corrected chi connectivity index (χ2v) is 6.47. The molecule has 1 aromatic heterocycles. The SMILES string of the molecule is COc1ccccc1-c1nnc(SC(C)C(=O)NCC(F)(F)F)n1C. The fraction of sp³-hybridized carbons (Fsp3) is 0.400. The van der Waals surface area contributed by atoms with Crippen LogP contribution < -0.4 is 10.1 Å². The van der Waals surface area contributed by atoms with E-state index in [1.54, 1.807) is 17.7 Å². The Morgan fingerprint density at radius 3 is 2.68 bits per heavy atom. The number of carbonyl (C=O) groups is 1. The Labute approximate surface area is 146 Å². The fourth-order valence-corrected chi connectivity index (χ4v) is 2.86. The number of nitrogens with one attached hydrogen (secondary N) is 1. The molecule has 2 rings (SSSR count). The molecule has 1 heterocycles. The molecule has 0 saturated carbocycles. The highest BCUT2D eigenvalue weighted by molar-refractivity contribution is 8.00. The average Bonchev–Trinajstić information content (AvgIpc) is 2.92. The fourth-order valence-electron chi connectivity index (χ4n) is 2.02. The lowest BCUT2D eigenvalue weighted by atomic mass is 10.2. The maximum absolute atomic E-state index is 12.2. The zero-order valence-electron chi connectivity index (χ0n) is 13.8. The van der Waals surface area contributed by atoms with Crippen LogP contribution in [0.4, 0.5) is 13.2 Å². The molecule has 2 aromatic rings. The predicted molar refractivity (Wildman–Crippen MR) is 87.4 cm³/mol. The molecule has 0 aliphatic carbocycles. The van der Waals surface area contributed by atoms with E-state index in [-0.39, 0.29) is 0 Å². The lowest BCUT2D eigenvalue weighted by Crippen LogP contribution is -2.38. The molecule has 0 aliphatic rings. The number of benzene rings is 1. The van der Waals surface area contributed by atoms with E-state index in [1.807, 2.05) is 23.5 Å². The molecule has 1 unspecified atom stereocenters. The van der Waals surface area contributed by atoms with E-state index in [9.17, 15) is 18.0 Å². The van der Waals surface area contributed by atoms with Gasteiger partial charge in [0.25, 0.3) is 0 Å². The van der Waals surface area contributed by atoms with E-state index in [2.05, 4.69) is 10.2 Å². The molecule has 0 spiro atoms. The van der Waals surface area contributed by atoms with Gasteiger partial charge in [-0.15, -0.1) is 10.2 Å². The van der Waals surface area contributed by atoms with Gasteiger partial charge >= 0.3 is 6.18 Å². The number of ether oxygens (including phenoxy) is 1. The summed E-state index contributed by atoms with van der Waals surface area (Å²) in [6, 6.07) is 7.24. The third-order valence-corrected chi connectivity index (χ3v) is 4.43. The summed E-state index contributed by atoms with van der Waals surface area (Å²) in [6.07, 6.45) is -4.44. The molecule has 1 amide bonds. The first-order valence-corrected chi connectivity index (χ1v) is 8.15. The number of para-hydroxylation sites is 1. The minimum absolute atomic E-state index is 0.413. The normalized spacial score (nSPS) is 12.7. The number of halogens is 3. The van der Waals surface area contributed by atoms with Crippen LogP contribution in [0.2, 0.25) is 0 Å². The zero-order chi connectivity index (χ0) is 18.6. The third kappa shape index (κ3) is 4.88. The monoisotopic (exact) mass is 374 g/mol. The molecular formula is C15H17F3N4O2S. The van der Waals surface area contributed by atoms with E-state index < -0.39 is 23.9 Å². The van der Waals surface area contributed by atoms with E-state index >= 15 is 0 Å². The van der Waals surface area contributed by atoms with Crippen molar-refractivity contribution in [3.05, 3.63) is 24.3 Å². The summed E-state index contributed by atoms with van der Waals surface area (Å²) >= 11 is 1.03. The van der Waals surface area contributed by atoms with Crippen LogP contribution >= 0.6 is 11.8 Å². The zero-order valence-corrected chi connectivity index (χ0v) is 14.6. The Balaban J connectivity index is 2.12. The van der Waals surface area contributed by atoms with Gasteiger partial charge in [-0.1, -0.05) is 23.9 Å². The van der Waals surface area contributed by atoms with Crippen molar-refractivity contribution in [2.45, 2.75) is 23.5 Å². The molecule has 1 atom stereocenters. The highest BCUT2D eigenvalue weighted by Gasteiger charge is 2.29. The molecule has 0 fully saturated rings. The minimum atomic E-state index is -4.44. The first-order valence-electron chi connectivity index (χ1n) is 7.27. The van der Waals surface area contributed by atoms with Gasteiger partial charge in [0.05, 0.1) is 17.9 Å². The summed E-state index contributed by atoms with van der Waals surface area (Å²) in [5.74, 6) is 0.428. The number of carbonyl (C=O) groups excluding carboxylic acids is 1. The number of rotatable bonds is 6. The number of thioether (sulfide) groups is 1. The smallest absolute Gasteiger partial charge is 0.405 e. The quantitative estimate of drug-likeness (QED) is 0.788. The van der Waals surface area contributed by atoms with E-state index in [0.29, 0.717) is 16.7 Å². The lowest BCUT2D eigenvalue weighted by Gasteiger charge is -2.13. The van der Waals surface area contributed by atoms with Gasteiger partial charge in [-0.3, -0.25) is 4.79 Å². The Kier molecular flexibility index (Phi) is 5.93. The minimum Gasteiger partial charge on any atom is -0.496 e. The van der Waals surface area contributed by atoms with Crippen LogP contribution in [0.15, 0.2) is 29.4 Å². The number of methoxy groups -OCH3 is 1. The maximum Gasteiger partial charge on any atom is 0.405 e. The van der Waals surface area contributed by atoms with Gasteiger partial charge in [0.1, 0.15) is 12.3 Å². The Morgan fingerprint density at radius 1 is 1.36 bits per heavy atom. The van der Waals surface area contributed by atoms with Gasteiger partial charge in [0.15, 0.2) is 11.0 Å². The van der Waals surface area contributed by atoms with Crippen LogP contribution in [0.25, 0.3) is 11.4 Å². The van der Waals surface area contributed by atoms with Crippen molar-refractivity contribution in [2.75, 3.05) is 13.7 Å². The number of hydrogen-bond acceptors (Lipinski definition) is 5. The number of hydrogen-bond donors (Lipinski definition) is 1. The van der Waals surface area contributed by atoms with Gasteiger partial charge in [-0.05, 0) is 19.1 Å². The molecule has 6 nitrogen and oxygen atoms in total. The summed E-state index contributed by atoms with van der Waals surface area (Å²) in [4.78, 5) is 11.8. The van der Waals surface area contributed by atoms with Gasteiger partial charge in [0.2, 0.25) is 5.91 Å². The highest BCUT2D eigenvalue weighted by atomic mass is 32.2. The van der Waals surface area contributed by atoms with Gasteiger partial charge in [-0.2, -0.15) is 13.2 Å². The van der Waals surface area contributed by atoms with Crippen LogP contribution in [-0.2, 0) is 11.8 Å². The molecule has 0 bridgehead atoms. The number of aromatic nitrogens is 3. The summed E-state index contributed by atoms with van der Waals surface area (Å²) < 4.78 is 43.5. The van der Waals surface area contributed by atoms with Crippen LogP contribution in [0.3, 0.4) is 0 Å². The first kappa shape index (κ1) is 19.1. The van der Waals surface area contributed by atoms with E-state index in [4.69, 9.17) is 4.74 Å². The summed E-state index contributed by atoms with van der Waals surface area (Å²) in [6.45, 7) is 0.149. The third-order valence-electron chi connectivity index (χ3n) is 3.30.